The van der Waals surface area contributed by atoms with Crippen LogP contribution in [-0.2, 0) is 14.9 Å². The molecule has 2 saturated heterocycles. The SMILES string of the molecule is Cc1c(-c2cc(C(=O)NS(=O)(=O)N3CC[C@H](N)C3)c3c(OCCC4CCOCC4)ccc(C)c3n2)oc2ccccc12. The average molecular weight is 593 g/mol. The second kappa shape index (κ2) is 11.6. The fourth-order valence-electron chi connectivity index (χ4n) is 5.86. The smallest absolute Gasteiger partial charge is 0.304 e. The number of nitrogens with two attached hydrogens (primary N) is 1. The van der Waals surface area contributed by atoms with Gasteiger partial charge in [0.05, 0.1) is 23.1 Å². The van der Waals surface area contributed by atoms with Crippen molar-refractivity contribution in [1.82, 2.24) is 14.0 Å². The van der Waals surface area contributed by atoms with Gasteiger partial charge < -0.3 is 19.6 Å². The minimum Gasteiger partial charge on any atom is -0.493 e. The van der Waals surface area contributed by atoms with Gasteiger partial charge in [-0.15, -0.1) is 0 Å². The third kappa shape index (κ3) is 5.61. The molecule has 2 aliphatic rings. The number of hydrogen-bond donors (Lipinski definition) is 2. The molecule has 2 fully saturated rings. The van der Waals surface area contributed by atoms with E-state index >= 15 is 0 Å². The van der Waals surface area contributed by atoms with Gasteiger partial charge in [0.1, 0.15) is 17.0 Å². The highest BCUT2D eigenvalue weighted by atomic mass is 32.2. The van der Waals surface area contributed by atoms with Crippen LogP contribution in [0.15, 0.2) is 46.9 Å². The standard InChI is InChI=1S/C31H36N4O6S/c1-19-7-8-27(40-16-12-21-10-14-39-15-11-21)28-24(31(36)34-42(37,38)35-13-9-22(32)18-35)17-25(33-29(19)28)30-20(2)23-5-3-4-6-26(23)41-30/h3-8,17,21-22H,9-16,18,32H2,1-2H3,(H,34,36)/t22-/m0/s1. The van der Waals surface area contributed by atoms with Crippen molar-refractivity contribution in [2.75, 3.05) is 32.9 Å². The number of pyridine rings is 1. The number of carbonyl (C=O) groups is 1. The van der Waals surface area contributed by atoms with Crippen LogP contribution >= 0.6 is 0 Å². The highest BCUT2D eigenvalue weighted by molar-refractivity contribution is 7.87. The summed E-state index contributed by atoms with van der Waals surface area (Å²) in [4.78, 5) is 18.8. The lowest BCUT2D eigenvalue weighted by molar-refractivity contribution is 0.0594. The van der Waals surface area contributed by atoms with Gasteiger partial charge in [-0.1, -0.05) is 24.3 Å². The van der Waals surface area contributed by atoms with Gasteiger partial charge in [-0.2, -0.15) is 12.7 Å². The van der Waals surface area contributed by atoms with Crippen molar-refractivity contribution in [3.05, 3.63) is 59.2 Å². The Morgan fingerprint density at radius 3 is 2.67 bits per heavy atom. The lowest BCUT2D eigenvalue weighted by atomic mass is 9.97. The number of fused-ring (bicyclic) bond motifs is 2. The quantitative estimate of drug-likeness (QED) is 0.306. The Morgan fingerprint density at radius 1 is 1.14 bits per heavy atom. The number of para-hydroxylation sites is 1. The van der Waals surface area contributed by atoms with Crippen molar-refractivity contribution < 1.29 is 27.1 Å². The molecule has 0 unspecified atom stereocenters. The molecule has 1 amide bonds. The third-order valence-corrected chi connectivity index (χ3v) is 9.77. The highest BCUT2D eigenvalue weighted by Crippen LogP contribution is 2.37. The van der Waals surface area contributed by atoms with E-state index < -0.39 is 16.1 Å². The first-order chi connectivity index (χ1) is 20.2. The summed E-state index contributed by atoms with van der Waals surface area (Å²) in [7, 11) is -4.11. The predicted molar refractivity (Wildman–Crippen MR) is 161 cm³/mol. The number of furan rings is 1. The summed E-state index contributed by atoms with van der Waals surface area (Å²) in [5, 5.41) is 1.40. The molecule has 2 aliphatic heterocycles. The molecule has 0 spiro atoms. The van der Waals surface area contributed by atoms with Gasteiger partial charge >= 0.3 is 10.2 Å². The second-order valence-corrected chi connectivity index (χ2v) is 12.9. The van der Waals surface area contributed by atoms with E-state index in [0.717, 1.165) is 49.0 Å². The number of amides is 1. The van der Waals surface area contributed by atoms with Crippen LogP contribution in [0.1, 0.15) is 47.2 Å². The number of ether oxygens (including phenoxy) is 2. The summed E-state index contributed by atoms with van der Waals surface area (Å²) in [5.74, 6) is 0.744. The Bertz CT molecular complexity index is 1750. The Hall–Kier alpha value is -3.51. The zero-order chi connectivity index (χ0) is 29.4. The monoisotopic (exact) mass is 592 g/mol. The van der Waals surface area contributed by atoms with E-state index in [1.54, 1.807) is 6.07 Å². The van der Waals surface area contributed by atoms with Crippen LogP contribution < -0.4 is 15.2 Å². The number of benzene rings is 2. The first-order valence-electron chi connectivity index (χ1n) is 14.4. The maximum absolute atomic E-state index is 13.9. The summed E-state index contributed by atoms with van der Waals surface area (Å²) >= 11 is 0. The Labute approximate surface area is 245 Å². The maximum Gasteiger partial charge on any atom is 0.304 e. The van der Waals surface area contributed by atoms with Crippen LogP contribution in [0.2, 0.25) is 0 Å². The van der Waals surface area contributed by atoms with Crippen LogP contribution in [0, 0.1) is 19.8 Å². The summed E-state index contributed by atoms with van der Waals surface area (Å²) < 4.78 is 47.8. The lowest BCUT2D eigenvalue weighted by Crippen LogP contribution is -2.43. The van der Waals surface area contributed by atoms with Crippen LogP contribution in [0.4, 0.5) is 0 Å². The van der Waals surface area contributed by atoms with Crippen LogP contribution in [0.25, 0.3) is 33.3 Å². The molecule has 10 nitrogen and oxygen atoms in total. The fourth-order valence-corrected chi connectivity index (χ4v) is 7.06. The fraction of sp³-hybridized carbons (Fsp3) is 0.419. The molecule has 2 aromatic heterocycles. The summed E-state index contributed by atoms with van der Waals surface area (Å²) in [5.41, 5.74) is 9.47. The molecule has 0 bridgehead atoms. The topological polar surface area (TPSA) is 137 Å². The van der Waals surface area contributed by atoms with Gasteiger partial charge in [-0.05, 0) is 69.2 Å². The molecule has 3 N–H and O–H groups in total. The molecule has 2 aromatic carbocycles. The van der Waals surface area contributed by atoms with Crippen molar-refractivity contribution in [3.8, 4) is 17.2 Å². The first kappa shape index (κ1) is 28.6. The molecule has 0 saturated carbocycles. The maximum atomic E-state index is 13.9. The van der Waals surface area contributed by atoms with Crippen LogP contribution in [-0.4, -0.2) is 62.6 Å². The minimum atomic E-state index is -4.11. The number of carbonyl (C=O) groups excluding carboxylic acids is 1. The Kier molecular flexibility index (Phi) is 7.93. The molecular weight excluding hydrogens is 556 g/mol. The van der Waals surface area contributed by atoms with Crippen LogP contribution in [0.3, 0.4) is 0 Å². The molecule has 4 aromatic rings. The number of nitrogens with one attached hydrogen (secondary N) is 1. The van der Waals surface area contributed by atoms with Gasteiger partial charge in [-0.3, -0.25) is 4.79 Å². The first-order valence-corrected chi connectivity index (χ1v) is 15.9. The molecule has 11 heteroatoms. The highest BCUT2D eigenvalue weighted by Gasteiger charge is 2.32. The van der Waals surface area contributed by atoms with E-state index in [9.17, 15) is 13.2 Å². The van der Waals surface area contributed by atoms with Crippen LogP contribution in [0.5, 0.6) is 5.75 Å². The van der Waals surface area contributed by atoms with E-state index in [4.69, 9.17) is 24.6 Å². The van der Waals surface area contributed by atoms with E-state index in [1.165, 1.54) is 4.31 Å². The van der Waals surface area contributed by atoms with E-state index in [1.807, 2.05) is 50.2 Å². The summed E-state index contributed by atoms with van der Waals surface area (Å²) in [6.45, 7) is 6.22. The number of nitrogens with zero attached hydrogens (tertiary/aromatic N) is 2. The minimum absolute atomic E-state index is 0.145. The predicted octanol–water partition coefficient (Wildman–Crippen LogP) is 4.47. The van der Waals surface area contributed by atoms with Crippen molar-refractivity contribution >= 4 is 38.0 Å². The summed E-state index contributed by atoms with van der Waals surface area (Å²) in [6, 6.07) is 12.7. The molecule has 0 aliphatic carbocycles. The largest absolute Gasteiger partial charge is 0.493 e. The van der Waals surface area contributed by atoms with Crippen molar-refractivity contribution in [3.63, 3.8) is 0 Å². The van der Waals surface area contributed by atoms with Gasteiger partial charge in [0.25, 0.3) is 5.91 Å². The molecular formula is C31H36N4O6S. The van der Waals surface area contributed by atoms with Gasteiger partial charge in [-0.25, -0.2) is 9.71 Å². The molecule has 6 rings (SSSR count). The molecule has 4 heterocycles. The zero-order valence-electron chi connectivity index (χ0n) is 23.9. The van der Waals surface area contributed by atoms with E-state index in [0.29, 0.717) is 52.6 Å². The summed E-state index contributed by atoms with van der Waals surface area (Å²) in [6.07, 6.45) is 3.37. The number of aromatic nitrogens is 1. The second-order valence-electron chi connectivity index (χ2n) is 11.2. The average Bonchev–Trinajstić information content (AvgIpc) is 3.58. The van der Waals surface area contributed by atoms with E-state index in [2.05, 4.69) is 4.72 Å². The zero-order valence-corrected chi connectivity index (χ0v) is 24.7. The molecule has 0 radical (unpaired) electrons. The number of rotatable bonds is 8. The van der Waals surface area contributed by atoms with Crippen molar-refractivity contribution in [2.45, 2.75) is 45.6 Å². The lowest BCUT2D eigenvalue weighted by Gasteiger charge is -2.22. The molecule has 1 atom stereocenters. The van der Waals surface area contributed by atoms with Crippen molar-refractivity contribution in [2.24, 2.45) is 11.7 Å². The number of aryl methyl sites for hydroxylation is 2. The van der Waals surface area contributed by atoms with Gasteiger partial charge in [0, 0.05) is 43.3 Å². The molecule has 42 heavy (non-hydrogen) atoms. The third-order valence-electron chi connectivity index (χ3n) is 8.32. The normalized spacial score (nSPS) is 18.6. The Morgan fingerprint density at radius 2 is 1.93 bits per heavy atom. The van der Waals surface area contributed by atoms with Crippen molar-refractivity contribution in [1.29, 1.82) is 0 Å². The van der Waals surface area contributed by atoms with Gasteiger partial charge in [0.2, 0.25) is 0 Å². The number of hydrogen-bond acceptors (Lipinski definition) is 8. The van der Waals surface area contributed by atoms with Gasteiger partial charge in [0.15, 0.2) is 5.76 Å². The van der Waals surface area contributed by atoms with E-state index in [-0.39, 0.29) is 24.7 Å². The molecule has 222 valence electrons. The Balaban J connectivity index is 1.43.